The first-order valence-corrected chi connectivity index (χ1v) is 7.78. The third-order valence-electron chi connectivity index (χ3n) is 4.40. The minimum absolute atomic E-state index is 0.339. The lowest BCUT2D eigenvalue weighted by atomic mass is 10.0. The summed E-state index contributed by atoms with van der Waals surface area (Å²) in [5, 5.41) is 12.3. The van der Waals surface area contributed by atoms with Gasteiger partial charge in [-0.05, 0) is 18.9 Å². The van der Waals surface area contributed by atoms with Crippen LogP contribution < -0.4 is 10.1 Å². The van der Waals surface area contributed by atoms with Gasteiger partial charge in [0.2, 0.25) is 0 Å². The van der Waals surface area contributed by atoms with Crippen molar-refractivity contribution in [2.75, 3.05) is 6.61 Å². The molecule has 0 radical (unpaired) electrons. The maximum atomic E-state index is 5.71. The predicted octanol–water partition coefficient (Wildman–Crippen LogP) is 2.23. The fourth-order valence-electron chi connectivity index (χ4n) is 3.27. The molecule has 0 amide bonds. The predicted molar refractivity (Wildman–Crippen MR) is 79.1 cm³/mol. The number of rotatable bonds is 3. The number of hydrogen-bond acceptors (Lipinski definition) is 4. The molecule has 2 aromatic rings. The number of para-hydroxylation sites is 1. The first-order valence-electron chi connectivity index (χ1n) is 7.78. The van der Waals surface area contributed by atoms with Gasteiger partial charge >= 0.3 is 0 Å². The van der Waals surface area contributed by atoms with E-state index in [1.807, 2.05) is 12.1 Å². The van der Waals surface area contributed by atoms with Crippen LogP contribution in [0.3, 0.4) is 0 Å². The van der Waals surface area contributed by atoms with Crippen LogP contribution in [0, 0.1) is 0 Å². The Kier molecular flexibility index (Phi) is 3.35. The van der Waals surface area contributed by atoms with Gasteiger partial charge in [-0.3, -0.25) is 0 Å². The summed E-state index contributed by atoms with van der Waals surface area (Å²) in [6.45, 7) is 2.60. The Morgan fingerprint density at radius 2 is 2.19 bits per heavy atom. The van der Waals surface area contributed by atoms with Crippen molar-refractivity contribution in [3.8, 4) is 5.75 Å². The summed E-state index contributed by atoms with van der Waals surface area (Å²) in [5.74, 6) is 3.21. The third kappa shape index (κ3) is 2.42. The molecule has 0 fully saturated rings. The maximum Gasteiger partial charge on any atom is 0.147 e. The van der Waals surface area contributed by atoms with Crippen LogP contribution in [0.1, 0.15) is 42.5 Å². The minimum Gasteiger partial charge on any atom is -0.493 e. The zero-order valence-corrected chi connectivity index (χ0v) is 12.1. The number of hydrogen-bond donors (Lipinski definition) is 1. The highest BCUT2D eigenvalue weighted by atomic mass is 16.5. The van der Waals surface area contributed by atoms with Crippen molar-refractivity contribution in [2.45, 2.75) is 44.8 Å². The van der Waals surface area contributed by atoms with E-state index in [-0.39, 0.29) is 0 Å². The quantitative estimate of drug-likeness (QED) is 0.939. The van der Waals surface area contributed by atoms with Crippen LogP contribution in [0.4, 0.5) is 0 Å². The average molecular weight is 284 g/mol. The van der Waals surface area contributed by atoms with Crippen molar-refractivity contribution in [3.63, 3.8) is 0 Å². The van der Waals surface area contributed by atoms with Gasteiger partial charge in [0.05, 0.1) is 13.2 Å². The molecule has 5 nitrogen and oxygen atoms in total. The SMILES string of the molecule is c1ccc2c(c1)OCCC2NCc1nnc2n1CCCC2. The maximum absolute atomic E-state index is 5.71. The molecule has 1 atom stereocenters. The smallest absolute Gasteiger partial charge is 0.147 e. The fourth-order valence-corrected chi connectivity index (χ4v) is 3.27. The molecule has 0 bridgehead atoms. The Morgan fingerprint density at radius 3 is 3.19 bits per heavy atom. The Morgan fingerprint density at radius 1 is 1.24 bits per heavy atom. The molecule has 110 valence electrons. The summed E-state index contributed by atoms with van der Waals surface area (Å²) < 4.78 is 7.99. The standard InChI is InChI=1S/C16H20N4O/c1-2-6-14-12(5-1)13(8-10-21-14)17-11-16-19-18-15-7-3-4-9-20(15)16/h1-2,5-6,13,17H,3-4,7-11H2. The fraction of sp³-hybridized carbons (Fsp3) is 0.500. The van der Waals surface area contributed by atoms with E-state index in [4.69, 9.17) is 4.74 Å². The van der Waals surface area contributed by atoms with E-state index in [2.05, 4.69) is 32.2 Å². The molecule has 0 saturated carbocycles. The van der Waals surface area contributed by atoms with E-state index in [9.17, 15) is 0 Å². The van der Waals surface area contributed by atoms with Crippen molar-refractivity contribution >= 4 is 0 Å². The van der Waals surface area contributed by atoms with E-state index in [0.717, 1.165) is 49.9 Å². The van der Waals surface area contributed by atoms with Crippen molar-refractivity contribution in [2.24, 2.45) is 0 Å². The van der Waals surface area contributed by atoms with Gasteiger partial charge in [0.1, 0.15) is 17.4 Å². The molecule has 2 aliphatic rings. The summed E-state index contributed by atoms with van der Waals surface area (Å²) >= 11 is 0. The molecule has 5 heteroatoms. The second-order valence-corrected chi connectivity index (χ2v) is 5.75. The van der Waals surface area contributed by atoms with E-state index in [1.54, 1.807) is 0 Å². The van der Waals surface area contributed by atoms with Gasteiger partial charge in [-0.1, -0.05) is 18.2 Å². The number of aromatic nitrogens is 3. The van der Waals surface area contributed by atoms with Gasteiger partial charge in [-0.15, -0.1) is 10.2 Å². The highest BCUT2D eigenvalue weighted by molar-refractivity contribution is 5.37. The van der Waals surface area contributed by atoms with Crippen molar-refractivity contribution < 1.29 is 4.74 Å². The molecule has 3 heterocycles. The van der Waals surface area contributed by atoms with E-state index < -0.39 is 0 Å². The largest absolute Gasteiger partial charge is 0.493 e. The molecular formula is C16H20N4O. The van der Waals surface area contributed by atoms with Crippen LogP contribution in [0.15, 0.2) is 24.3 Å². The molecule has 1 aromatic carbocycles. The van der Waals surface area contributed by atoms with Gasteiger partial charge in [-0.25, -0.2) is 0 Å². The summed E-state index contributed by atoms with van der Waals surface area (Å²) in [6.07, 6.45) is 4.53. The van der Waals surface area contributed by atoms with Crippen LogP contribution in [0.5, 0.6) is 5.75 Å². The van der Waals surface area contributed by atoms with Crippen LogP contribution in [-0.4, -0.2) is 21.4 Å². The lowest BCUT2D eigenvalue weighted by Crippen LogP contribution is -2.28. The third-order valence-corrected chi connectivity index (χ3v) is 4.40. The minimum atomic E-state index is 0.339. The summed E-state index contributed by atoms with van der Waals surface area (Å²) in [7, 11) is 0. The van der Waals surface area contributed by atoms with E-state index >= 15 is 0 Å². The van der Waals surface area contributed by atoms with E-state index in [0.29, 0.717) is 6.04 Å². The highest BCUT2D eigenvalue weighted by Gasteiger charge is 2.22. The zero-order valence-electron chi connectivity index (χ0n) is 12.1. The van der Waals surface area contributed by atoms with Crippen molar-refractivity contribution in [1.82, 2.24) is 20.1 Å². The van der Waals surface area contributed by atoms with Crippen LogP contribution in [-0.2, 0) is 19.5 Å². The lowest BCUT2D eigenvalue weighted by molar-refractivity contribution is 0.251. The van der Waals surface area contributed by atoms with Crippen LogP contribution in [0.2, 0.25) is 0 Å². The number of benzene rings is 1. The van der Waals surface area contributed by atoms with Crippen LogP contribution in [0.25, 0.3) is 0 Å². The Hall–Kier alpha value is -1.88. The van der Waals surface area contributed by atoms with Gasteiger partial charge in [0, 0.05) is 31.0 Å². The van der Waals surface area contributed by atoms with Gasteiger partial charge in [0.25, 0.3) is 0 Å². The highest BCUT2D eigenvalue weighted by Crippen LogP contribution is 2.31. The average Bonchev–Trinajstić information content (AvgIpc) is 2.96. The summed E-state index contributed by atoms with van der Waals surface area (Å²) in [5.41, 5.74) is 1.25. The Bertz CT molecular complexity index is 637. The number of ether oxygens (including phenoxy) is 1. The molecule has 0 spiro atoms. The molecular weight excluding hydrogens is 264 g/mol. The normalized spacial score (nSPS) is 20.5. The second-order valence-electron chi connectivity index (χ2n) is 5.75. The second kappa shape index (κ2) is 5.48. The molecule has 0 saturated heterocycles. The molecule has 21 heavy (non-hydrogen) atoms. The Balaban J connectivity index is 1.49. The van der Waals surface area contributed by atoms with Crippen molar-refractivity contribution in [3.05, 3.63) is 41.5 Å². The van der Waals surface area contributed by atoms with Gasteiger partial charge in [-0.2, -0.15) is 0 Å². The first-order chi connectivity index (χ1) is 10.4. The van der Waals surface area contributed by atoms with Crippen molar-refractivity contribution in [1.29, 1.82) is 0 Å². The number of fused-ring (bicyclic) bond motifs is 2. The molecule has 1 N–H and O–H groups in total. The monoisotopic (exact) mass is 284 g/mol. The molecule has 2 aliphatic heterocycles. The summed E-state index contributed by atoms with van der Waals surface area (Å²) in [6, 6.07) is 8.62. The van der Waals surface area contributed by atoms with Gasteiger partial charge in [0.15, 0.2) is 0 Å². The molecule has 1 aromatic heterocycles. The number of aryl methyl sites for hydroxylation is 1. The van der Waals surface area contributed by atoms with Gasteiger partial charge < -0.3 is 14.6 Å². The van der Waals surface area contributed by atoms with Crippen LogP contribution >= 0.6 is 0 Å². The summed E-state index contributed by atoms with van der Waals surface area (Å²) in [4.78, 5) is 0. The molecule has 4 rings (SSSR count). The number of nitrogens with zero attached hydrogens (tertiary/aromatic N) is 3. The molecule has 0 aliphatic carbocycles. The number of nitrogens with one attached hydrogen (secondary N) is 1. The molecule has 1 unspecified atom stereocenters. The lowest BCUT2D eigenvalue weighted by Gasteiger charge is -2.26. The first kappa shape index (κ1) is 12.8. The topological polar surface area (TPSA) is 52.0 Å². The zero-order chi connectivity index (χ0) is 14.1. The Labute approximate surface area is 124 Å². The van der Waals surface area contributed by atoms with E-state index in [1.165, 1.54) is 18.4 Å².